The van der Waals surface area contributed by atoms with Gasteiger partial charge in [0.25, 0.3) is 0 Å². The van der Waals surface area contributed by atoms with Gasteiger partial charge in [-0.25, -0.2) is 8.42 Å². The van der Waals surface area contributed by atoms with Crippen molar-refractivity contribution in [3.8, 4) is 0 Å². The lowest BCUT2D eigenvalue weighted by Crippen LogP contribution is -2.31. The fraction of sp³-hybridized carbons (Fsp3) is 0.412. The average Bonchev–Trinajstić information content (AvgIpc) is 3.06. The van der Waals surface area contributed by atoms with Crippen molar-refractivity contribution in [3.05, 3.63) is 42.1 Å². The number of aliphatic imine (C=N–C) groups is 1. The van der Waals surface area contributed by atoms with Crippen LogP contribution in [0.15, 0.2) is 41.5 Å². The van der Waals surface area contributed by atoms with E-state index in [9.17, 15) is 8.42 Å². The molecule has 0 amide bonds. The summed E-state index contributed by atoms with van der Waals surface area (Å²) in [6.45, 7) is 4.20. The van der Waals surface area contributed by atoms with Gasteiger partial charge in [-0.1, -0.05) is 18.2 Å². The molecule has 23 heavy (non-hydrogen) atoms. The molecule has 3 rings (SSSR count). The van der Waals surface area contributed by atoms with E-state index in [2.05, 4.69) is 16.7 Å². The third-order valence-corrected chi connectivity index (χ3v) is 5.71. The molecule has 1 aromatic heterocycles. The van der Waals surface area contributed by atoms with Crippen LogP contribution < -0.4 is 0 Å². The van der Waals surface area contributed by atoms with Crippen molar-refractivity contribution in [2.24, 2.45) is 4.99 Å². The third kappa shape index (κ3) is 3.95. The zero-order valence-corrected chi connectivity index (χ0v) is 13.7. The van der Waals surface area contributed by atoms with Gasteiger partial charge in [0, 0.05) is 18.2 Å². The molecule has 2 atom stereocenters. The van der Waals surface area contributed by atoms with Gasteiger partial charge in [-0.05, 0) is 37.3 Å². The Balaban J connectivity index is 1.74. The number of sulfone groups is 1. The highest BCUT2D eigenvalue weighted by atomic mass is 32.2. The predicted molar refractivity (Wildman–Crippen MR) is 91.5 cm³/mol. The first kappa shape index (κ1) is 16.1. The zero-order chi connectivity index (χ0) is 16.3. The molecule has 0 bridgehead atoms. The summed E-state index contributed by atoms with van der Waals surface area (Å²) in [6, 6.07) is 9.14. The second kappa shape index (κ2) is 6.76. The number of rotatable bonds is 6. The van der Waals surface area contributed by atoms with Crippen LogP contribution in [0.3, 0.4) is 0 Å². The summed E-state index contributed by atoms with van der Waals surface area (Å²) in [6.07, 6.45) is 3.29. The van der Waals surface area contributed by atoms with Crippen LogP contribution in [-0.2, 0) is 20.3 Å². The molecular weight excluding hydrogens is 312 g/mol. The summed E-state index contributed by atoms with van der Waals surface area (Å²) in [7, 11) is -3.31. The van der Waals surface area contributed by atoms with Gasteiger partial charge in [-0.2, -0.15) is 0 Å². The van der Waals surface area contributed by atoms with Crippen LogP contribution in [0.5, 0.6) is 0 Å². The number of aromatic nitrogens is 1. The fourth-order valence-electron chi connectivity index (χ4n) is 2.95. The number of benzene rings is 1. The molecule has 0 N–H and O–H groups in total. The largest absolute Gasteiger partial charge is 0.376 e. The van der Waals surface area contributed by atoms with Gasteiger partial charge in [-0.3, -0.25) is 9.98 Å². The first-order valence-electron chi connectivity index (χ1n) is 7.69. The van der Waals surface area contributed by atoms with E-state index in [0.29, 0.717) is 12.2 Å². The van der Waals surface area contributed by atoms with E-state index in [1.807, 2.05) is 30.3 Å². The second-order valence-corrected chi connectivity index (χ2v) is 8.00. The molecule has 122 valence electrons. The molecule has 1 fully saturated rings. The predicted octanol–water partition coefficient (Wildman–Crippen LogP) is 2.40. The molecule has 6 heteroatoms. The van der Waals surface area contributed by atoms with Crippen LogP contribution in [0.4, 0.5) is 0 Å². The summed E-state index contributed by atoms with van der Waals surface area (Å²) < 4.78 is 30.5. The molecule has 0 spiro atoms. The van der Waals surface area contributed by atoms with Gasteiger partial charge in [0.1, 0.15) is 0 Å². The topological polar surface area (TPSA) is 68.6 Å². The van der Waals surface area contributed by atoms with Crippen molar-refractivity contribution in [1.29, 1.82) is 0 Å². The second-order valence-electron chi connectivity index (χ2n) is 5.89. The van der Waals surface area contributed by atoms with E-state index in [4.69, 9.17) is 4.74 Å². The molecule has 5 nitrogen and oxygen atoms in total. The normalized spacial score (nSPS) is 19.7. The summed E-state index contributed by atoms with van der Waals surface area (Å²) in [4.78, 5) is 8.29. The Kier molecular flexibility index (Phi) is 4.73. The molecule has 0 unspecified atom stereocenters. The molecule has 1 saturated heterocycles. The Hall–Kier alpha value is -1.79. The summed E-state index contributed by atoms with van der Waals surface area (Å²) in [5.41, 5.74) is 1.55. The van der Waals surface area contributed by atoms with Gasteiger partial charge in [-0.15, -0.1) is 0 Å². The van der Waals surface area contributed by atoms with E-state index < -0.39 is 15.9 Å². The smallest absolute Gasteiger partial charge is 0.156 e. The molecule has 0 saturated carbocycles. The minimum Gasteiger partial charge on any atom is -0.376 e. The number of pyridine rings is 1. The van der Waals surface area contributed by atoms with Gasteiger partial charge >= 0.3 is 0 Å². The number of para-hydroxylation sites is 1. The number of hydrogen-bond acceptors (Lipinski definition) is 5. The van der Waals surface area contributed by atoms with Crippen LogP contribution in [0.2, 0.25) is 0 Å². The Morgan fingerprint density at radius 1 is 1.39 bits per heavy atom. The maximum Gasteiger partial charge on any atom is 0.156 e. The standard InChI is InChI=1S/C17H20N2O3S/c1-18-16(17-7-4-8-22-17)12-23(20,21)11-13-9-14-5-2-3-6-15(14)19-10-13/h2-3,5-6,9-10,16-17H,1,4,7-8,11-12H2/t16-,17-/m1/s1. The van der Waals surface area contributed by atoms with Crippen LogP contribution in [0, 0.1) is 0 Å². The van der Waals surface area contributed by atoms with E-state index >= 15 is 0 Å². The highest BCUT2D eigenvalue weighted by molar-refractivity contribution is 7.90. The first-order chi connectivity index (χ1) is 11.1. The summed E-state index contributed by atoms with van der Waals surface area (Å²) in [5.74, 6) is -0.0719. The fourth-order valence-corrected chi connectivity index (χ4v) is 4.58. The molecule has 0 aliphatic carbocycles. The monoisotopic (exact) mass is 332 g/mol. The minimum atomic E-state index is -3.31. The molecule has 2 heterocycles. The van der Waals surface area contributed by atoms with Crippen molar-refractivity contribution in [2.75, 3.05) is 12.4 Å². The summed E-state index contributed by atoms with van der Waals surface area (Å²) >= 11 is 0. The van der Waals surface area contributed by atoms with E-state index in [-0.39, 0.29) is 17.6 Å². The lowest BCUT2D eigenvalue weighted by atomic mass is 10.1. The molecule has 1 aliphatic rings. The lowest BCUT2D eigenvalue weighted by molar-refractivity contribution is 0.0962. The molecule has 1 aromatic carbocycles. The Morgan fingerprint density at radius 3 is 2.96 bits per heavy atom. The van der Waals surface area contributed by atoms with Crippen LogP contribution >= 0.6 is 0 Å². The van der Waals surface area contributed by atoms with Gasteiger partial charge in [0.05, 0.1) is 29.2 Å². The van der Waals surface area contributed by atoms with Crippen molar-refractivity contribution < 1.29 is 13.2 Å². The minimum absolute atomic E-state index is 0.0337. The van der Waals surface area contributed by atoms with Crippen molar-refractivity contribution in [1.82, 2.24) is 4.98 Å². The van der Waals surface area contributed by atoms with Gasteiger partial charge < -0.3 is 4.74 Å². The van der Waals surface area contributed by atoms with Crippen molar-refractivity contribution in [2.45, 2.75) is 30.7 Å². The van der Waals surface area contributed by atoms with Crippen molar-refractivity contribution >= 4 is 27.5 Å². The quantitative estimate of drug-likeness (QED) is 0.762. The number of fused-ring (bicyclic) bond motifs is 1. The van der Waals surface area contributed by atoms with Crippen LogP contribution in [-0.4, -0.2) is 44.6 Å². The average molecular weight is 332 g/mol. The van der Waals surface area contributed by atoms with Gasteiger partial charge in [0.15, 0.2) is 9.84 Å². The molecular formula is C17H20N2O3S. The SMILES string of the molecule is C=N[C@H](CS(=O)(=O)Cc1cnc2ccccc2c1)[C@H]1CCCO1. The van der Waals surface area contributed by atoms with E-state index in [0.717, 1.165) is 23.7 Å². The number of ether oxygens (including phenoxy) is 1. The Morgan fingerprint density at radius 2 is 2.22 bits per heavy atom. The van der Waals surface area contributed by atoms with E-state index in [1.165, 1.54) is 0 Å². The van der Waals surface area contributed by atoms with E-state index in [1.54, 1.807) is 6.20 Å². The van der Waals surface area contributed by atoms with Crippen LogP contribution in [0.25, 0.3) is 10.9 Å². The molecule has 0 radical (unpaired) electrons. The number of hydrogen-bond donors (Lipinski definition) is 0. The molecule has 1 aliphatic heterocycles. The highest BCUT2D eigenvalue weighted by Gasteiger charge is 2.29. The first-order valence-corrected chi connectivity index (χ1v) is 9.51. The van der Waals surface area contributed by atoms with Crippen LogP contribution in [0.1, 0.15) is 18.4 Å². The lowest BCUT2D eigenvalue weighted by Gasteiger charge is -2.18. The maximum atomic E-state index is 12.5. The summed E-state index contributed by atoms with van der Waals surface area (Å²) in [5, 5.41) is 0.942. The third-order valence-electron chi connectivity index (χ3n) is 4.09. The zero-order valence-electron chi connectivity index (χ0n) is 12.9. The maximum absolute atomic E-state index is 12.5. The molecule has 2 aromatic rings. The van der Waals surface area contributed by atoms with Gasteiger partial charge in [0.2, 0.25) is 0 Å². The van der Waals surface area contributed by atoms with Crippen molar-refractivity contribution in [3.63, 3.8) is 0 Å². The Labute approximate surface area is 136 Å². The number of nitrogens with zero attached hydrogens (tertiary/aromatic N) is 2. The highest BCUT2D eigenvalue weighted by Crippen LogP contribution is 2.21. The Bertz CT molecular complexity index is 798.